The van der Waals surface area contributed by atoms with Crippen LogP contribution in [0.1, 0.15) is 6.92 Å². The molecule has 0 spiro atoms. The van der Waals surface area contributed by atoms with Gasteiger partial charge in [0.2, 0.25) is 0 Å². The number of halogens is 2. The van der Waals surface area contributed by atoms with Crippen molar-refractivity contribution in [2.24, 2.45) is 0 Å². The largest absolute Gasteiger partial charge is 0.482 e. The number of hydrogen-bond donors (Lipinski definition) is 0. The van der Waals surface area contributed by atoms with Crippen molar-refractivity contribution in [1.82, 2.24) is 4.90 Å². The highest BCUT2D eigenvalue weighted by atomic mass is 35.5. The predicted molar refractivity (Wildman–Crippen MR) is 65.3 cm³/mol. The summed E-state index contributed by atoms with van der Waals surface area (Å²) in [7, 11) is 1.71. The maximum Gasteiger partial charge on any atom is 0.260 e. The van der Waals surface area contributed by atoms with Crippen LogP contribution in [0.2, 0.25) is 10.0 Å². The first-order chi connectivity index (χ1) is 7.54. The van der Waals surface area contributed by atoms with Crippen LogP contribution in [0.15, 0.2) is 18.2 Å². The molecule has 1 aromatic rings. The molecular weight excluding hydrogens is 249 g/mol. The quantitative estimate of drug-likeness (QED) is 0.835. The number of carbonyl (C=O) groups excluding carboxylic acids is 1. The zero-order valence-corrected chi connectivity index (χ0v) is 10.7. The first kappa shape index (κ1) is 13.1. The molecule has 0 N–H and O–H groups in total. The molecule has 88 valence electrons. The molecule has 0 saturated heterocycles. The highest BCUT2D eigenvalue weighted by Crippen LogP contribution is 2.27. The second kappa shape index (κ2) is 5.97. The van der Waals surface area contributed by atoms with Gasteiger partial charge in [0.15, 0.2) is 6.61 Å². The van der Waals surface area contributed by atoms with Crippen LogP contribution in [-0.4, -0.2) is 31.0 Å². The van der Waals surface area contributed by atoms with Crippen molar-refractivity contribution in [3.8, 4) is 5.75 Å². The van der Waals surface area contributed by atoms with Gasteiger partial charge in [-0.2, -0.15) is 0 Å². The lowest BCUT2D eigenvalue weighted by atomic mass is 10.3. The van der Waals surface area contributed by atoms with E-state index in [4.69, 9.17) is 27.9 Å². The second-order valence-electron chi connectivity index (χ2n) is 3.27. The normalized spacial score (nSPS) is 10.0. The van der Waals surface area contributed by atoms with Crippen molar-refractivity contribution >= 4 is 29.1 Å². The van der Waals surface area contributed by atoms with Crippen molar-refractivity contribution in [2.75, 3.05) is 20.2 Å². The minimum atomic E-state index is -0.0986. The van der Waals surface area contributed by atoms with E-state index < -0.39 is 0 Å². The van der Waals surface area contributed by atoms with Crippen molar-refractivity contribution in [2.45, 2.75) is 6.92 Å². The Kier molecular flexibility index (Phi) is 4.90. The van der Waals surface area contributed by atoms with E-state index in [1.807, 2.05) is 6.92 Å². The van der Waals surface area contributed by atoms with Crippen LogP contribution in [0.4, 0.5) is 0 Å². The van der Waals surface area contributed by atoms with Gasteiger partial charge in [0.1, 0.15) is 5.75 Å². The lowest BCUT2D eigenvalue weighted by Gasteiger charge is -2.15. The summed E-state index contributed by atoms with van der Waals surface area (Å²) in [6.45, 7) is 2.50. The molecule has 1 rings (SSSR count). The lowest BCUT2D eigenvalue weighted by Crippen LogP contribution is -2.31. The number of hydrogen-bond acceptors (Lipinski definition) is 2. The number of nitrogens with zero attached hydrogens (tertiary/aromatic N) is 1. The molecule has 5 heteroatoms. The van der Waals surface area contributed by atoms with Crippen LogP contribution in [0.5, 0.6) is 5.75 Å². The Labute approximate surface area is 105 Å². The highest BCUT2D eigenvalue weighted by Gasteiger charge is 2.09. The van der Waals surface area contributed by atoms with Crippen molar-refractivity contribution < 1.29 is 9.53 Å². The highest BCUT2D eigenvalue weighted by molar-refractivity contribution is 6.34. The molecule has 0 unspecified atom stereocenters. The van der Waals surface area contributed by atoms with Gasteiger partial charge in [-0.3, -0.25) is 4.79 Å². The third kappa shape index (κ3) is 3.58. The Balaban J connectivity index is 2.61. The Hall–Kier alpha value is -0.930. The van der Waals surface area contributed by atoms with Gasteiger partial charge in [-0.15, -0.1) is 0 Å². The summed E-state index contributed by atoms with van der Waals surface area (Å²) in [5, 5.41) is 0.965. The Morgan fingerprint density at radius 1 is 1.44 bits per heavy atom. The zero-order valence-electron chi connectivity index (χ0n) is 9.17. The summed E-state index contributed by atoms with van der Waals surface area (Å²) in [5.74, 6) is 0.325. The van der Waals surface area contributed by atoms with Gasteiger partial charge in [-0.1, -0.05) is 23.2 Å². The first-order valence-corrected chi connectivity index (χ1v) is 5.62. The van der Waals surface area contributed by atoms with Gasteiger partial charge >= 0.3 is 0 Å². The van der Waals surface area contributed by atoms with E-state index in [1.54, 1.807) is 30.1 Å². The van der Waals surface area contributed by atoms with Crippen LogP contribution >= 0.6 is 23.2 Å². The summed E-state index contributed by atoms with van der Waals surface area (Å²) in [4.78, 5) is 13.0. The van der Waals surface area contributed by atoms with Crippen molar-refractivity contribution in [1.29, 1.82) is 0 Å². The van der Waals surface area contributed by atoms with E-state index in [1.165, 1.54) is 0 Å². The van der Waals surface area contributed by atoms with Gasteiger partial charge in [0.05, 0.1) is 5.02 Å². The van der Waals surface area contributed by atoms with E-state index in [9.17, 15) is 4.79 Å². The molecule has 0 aliphatic carbocycles. The molecule has 0 heterocycles. The van der Waals surface area contributed by atoms with E-state index in [-0.39, 0.29) is 12.5 Å². The summed E-state index contributed by atoms with van der Waals surface area (Å²) < 4.78 is 5.29. The smallest absolute Gasteiger partial charge is 0.260 e. The molecule has 1 aromatic carbocycles. The number of likely N-dealkylation sites (N-methyl/N-ethyl adjacent to an activating group) is 1. The molecule has 0 fully saturated rings. The van der Waals surface area contributed by atoms with Gasteiger partial charge < -0.3 is 9.64 Å². The SMILES string of the molecule is CCN(C)C(=O)COc1cc(Cl)ccc1Cl. The van der Waals surface area contributed by atoms with Gasteiger partial charge in [-0.05, 0) is 19.1 Å². The molecule has 0 radical (unpaired) electrons. The topological polar surface area (TPSA) is 29.5 Å². The lowest BCUT2D eigenvalue weighted by molar-refractivity contribution is -0.131. The van der Waals surface area contributed by atoms with Gasteiger partial charge in [0, 0.05) is 24.7 Å². The first-order valence-electron chi connectivity index (χ1n) is 4.86. The van der Waals surface area contributed by atoms with E-state index in [0.717, 1.165) is 0 Å². The van der Waals surface area contributed by atoms with E-state index >= 15 is 0 Å². The molecule has 0 atom stereocenters. The fraction of sp³-hybridized carbons (Fsp3) is 0.364. The van der Waals surface area contributed by atoms with Crippen molar-refractivity contribution in [3.63, 3.8) is 0 Å². The third-order valence-corrected chi connectivity index (χ3v) is 2.69. The van der Waals surface area contributed by atoms with E-state index in [0.29, 0.717) is 22.3 Å². The van der Waals surface area contributed by atoms with Crippen molar-refractivity contribution in [3.05, 3.63) is 28.2 Å². The predicted octanol–water partition coefficient (Wildman–Crippen LogP) is 2.85. The number of amides is 1. The number of carbonyl (C=O) groups is 1. The fourth-order valence-electron chi connectivity index (χ4n) is 1.01. The van der Waals surface area contributed by atoms with Crippen LogP contribution < -0.4 is 4.74 Å². The van der Waals surface area contributed by atoms with Crippen LogP contribution in [0.3, 0.4) is 0 Å². The van der Waals surface area contributed by atoms with Crippen LogP contribution in [0.25, 0.3) is 0 Å². The molecule has 1 amide bonds. The zero-order chi connectivity index (χ0) is 12.1. The summed E-state index contributed by atoms with van der Waals surface area (Å²) >= 11 is 11.7. The second-order valence-corrected chi connectivity index (χ2v) is 4.11. The summed E-state index contributed by atoms with van der Waals surface area (Å²) in [6, 6.07) is 4.88. The molecule has 0 bridgehead atoms. The average Bonchev–Trinajstić information content (AvgIpc) is 2.28. The molecule has 0 saturated carbocycles. The molecule has 16 heavy (non-hydrogen) atoms. The minimum absolute atomic E-state index is 0.0373. The number of benzene rings is 1. The minimum Gasteiger partial charge on any atom is -0.482 e. The fourth-order valence-corrected chi connectivity index (χ4v) is 1.35. The number of ether oxygens (including phenoxy) is 1. The Morgan fingerprint density at radius 2 is 2.12 bits per heavy atom. The molecule has 0 aliphatic heterocycles. The standard InChI is InChI=1S/C11H13Cl2NO2/c1-3-14(2)11(15)7-16-10-6-8(12)4-5-9(10)13/h4-6H,3,7H2,1-2H3. The van der Waals surface area contributed by atoms with Crippen LogP contribution in [-0.2, 0) is 4.79 Å². The molecular formula is C11H13Cl2NO2. The average molecular weight is 262 g/mol. The molecule has 0 aliphatic rings. The van der Waals surface area contributed by atoms with E-state index in [2.05, 4.69) is 0 Å². The Bertz CT molecular complexity index is 382. The maximum absolute atomic E-state index is 11.5. The van der Waals surface area contributed by atoms with Gasteiger partial charge in [0.25, 0.3) is 5.91 Å². The number of rotatable bonds is 4. The molecule has 0 aromatic heterocycles. The summed E-state index contributed by atoms with van der Waals surface area (Å²) in [5.41, 5.74) is 0. The monoisotopic (exact) mass is 261 g/mol. The van der Waals surface area contributed by atoms with Crippen LogP contribution in [0, 0.1) is 0 Å². The third-order valence-electron chi connectivity index (χ3n) is 2.14. The Morgan fingerprint density at radius 3 is 2.75 bits per heavy atom. The van der Waals surface area contributed by atoms with Gasteiger partial charge in [-0.25, -0.2) is 0 Å². The maximum atomic E-state index is 11.5. The summed E-state index contributed by atoms with van der Waals surface area (Å²) in [6.07, 6.45) is 0. The molecule has 3 nitrogen and oxygen atoms in total.